The molecule has 0 aliphatic carbocycles. The molecule has 0 atom stereocenters. The number of hydrogen-bond acceptors (Lipinski definition) is 6. The predicted octanol–water partition coefficient (Wildman–Crippen LogP) is 4.31. The van der Waals surface area contributed by atoms with Crippen LogP contribution in [-0.4, -0.2) is 40.7 Å². The van der Waals surface area contributed by atoms with Gasteiger partial charge in [0, 0.05) is 42.1 Å². The van der Waals surface area contributed by atoms with Crippen LogP contribution in [0.4, 0.5) is 11.4 Å². The lowest BCUT2D eigenvalue weighted by molar-refractivity contribution is 0.0773. The van der Waals surface area contributed by atoms with Gasteiger partial charge in [-0.1, -0.05) is 0 Å². The lowest BCUT2D eigenvalue weighted by atomic mass is 10.1. The number of carbonyl (C=O) groups excluding carboxylic acids is 1. The third kappa shape index (κ3) is 3.91. The maximum atomic E-state index is 13.1. The van der Waals surface area contributed by atoms with Crippen LogP contribution in [-0.2, 0) is 0 Å². The van der Waals surface area contributed by atoms with Gasteiger partial charge in [0.25, 0.3) is 5.91 Å². The summed E-state index contributed by atoms with van der Waals surface area (Å²) >= 11 is 0. The zero-order valence-corrected chi connectivity index (χ0v) is 17.4. The molecule has 152 valence electrons. The molecule has 3 aromatic rings. The summed E-state index contributed by atoms with van der Waals surface area (Å²) in [4.78, 5) is 23.8. The Bertz CT molecular complexity index is 1050. The summed E-state index contributed by atoms with van der Waals surface area (Å²) in [5, 5.41) is 4.18. The second kappa shape index (κ2) is 8.53. The van der Waals surface area contributed by atoms with E-state index >= 15 is 0 Å². The first-order valence-electron chi connectivity index (χ1n) is 9.33. The highest BCUT2D eigenvalue weighted by Crippen LogP contribution is 2.36. The van der Waals surface area contributed by atoms with Gasteiger partial charge < -0.3 is 19.7 Å². The summed E-state index contributed by atoms with van der Waals surface area (Å²) in [5.74, 6) is 1.32. The minimum atomic E-state index is -0.0665. The SMILES string of the molecule is CCN(CC)C(=O)c1cnc2nc(C)ccc2c1Nc1ccc2c(c1)OCO2.Cl. The molecule has 1 N–H and O–H groups in total. The molecule has 29 heavy (non-hydrogen) atoms. The monoisotopic (exact) mass is 414 g/mol. The van der Waals surface area contributed by atoms with Crippen LogP contribution < -0.4 is 14.8 Å². The first-order chi connectivity index (χ1) is 13.6. The van der Waals surface area contributed by atoms with Gasteiger partial charge in [0.1, 0.15) is 0 Å². The number of halogens is 1. The molecule has 0 saturated heterocycles. The summed E-state index contributed by atoms with van der Waals surface area (Å²) in [7, 11) is 0. The highest BCUT2D eigenvalue weighted by atomic mass is 35.5. The Morgan fingerprint density at radius 1 is 1.14 bits per heavy atom. The van der Waals surface area contributed by atoms with Crippen LogP contribution in [0, 0.1) is 6.92 Å². The summed E-state index contributed by atoms with van der Waals surface area (Å²) in [6.45, 7) is 7.32. The van der Waals surface area contributed by atoms with Crippen molar-refractivity contribution in [3.8, 4) is 11.5 Å². The zero-order valence-electron chi connectivity index (χ0n) is 16.6. The van der Waals surface area contributed by atoms with E-state index in [1.807, 2.05) is 51.1 Å². The zero-order chi connectivity index (χ0) is 19.7. The normalized spacial score (nSPS) is 11.8. The van der Waals surface area contributed by atoms with Gasteiger partial charge in [-0.2, -0.15) is 0 Å². The fourth-order valence-corrected chi connectivity index (χ4v) is 3.27. The molecule has 3 heterocycles. The molecule has 0 spiro atoms. The molecule has 8 heteroatoms. The molecule has 1 aliphatic heterocycles. The van der Waals surface area contributed by atoms with Gasteiger partial charge in [-0.3, -0.25) is 4.79 Å². The topological polar surface area (TPSA) is 76.6 Å². The predicted molar refractivity (Wildman–Crippen MR) is 115 cm³/mol. The van der Waals surface area contributed by atoms with Crippen LogP contribution in [0.25, 0.3) is 11.0 Å². The van der Waals surface area contributed by atoms with Crippen LogP contribution >= 0.6 is 12.4 Å². The number of carbonyl (C=O) groups is 1. The Morgan fingerprint density at radius 2 is 1.90 bits per heavy atom. The van der Waals surface area contributed by atoms with E-state index in [-0.39, 0.29) is 25.1 Å². The Morgan fingerprint density at radius 3 is 2.66 bits per heavy atom. The molecule has 0 radical (unpaired) electrons. The number of pyridine rings is 2. The minimum Gasteiger partial charge on any atom is -0.454 e. The molecular formula is C21H23ClN4O3. The maximum absolute atomic E-state index is 13.1. The molecule has 0 bridgehead atoms. The van der Waals surface area contributed by atoms with Crippen molar-refractivity contribution >= 4 is 40.7 Å². The second-order valence-corrected chi connectivity index (χ2v) is 6.54. The number of aromatic nitrogens is 2. The Hall–Kier alpha value is -3.06. The quantitative estimate of drug-likeness (QED) is 0.670. The van der Waals surface area contributed by atoms with Crippen LogP contribution in [0.3, 0.4) is 0 Å². The van der Waals surface area contributed by atoms with E-state index in [0.717, 1.165) is 16.8 Å². The number of amides is 1. The molecule has 2 aromatic heterocycles. The fourth-order valence-electron chi connectivity index (χ4n) is 3.27. The number of rotatable bonds is 5. The van der Waals surface area contributed by atoms with Gasteiger partial charge in [0.15, 0.2) is 17.1 Å². The van der Waals surface area contributed by atoms with Crippen LogP contribution in [0.2, 0.25) is 0 Å². The lowest BCUT2D eigenvalue weighted by Crippen LogP contribution is -2.31. The van der Waals surface area contributed by atoms with Crippen LogP contribution in [0.15, 0.2) is 36.5 Å². The number of fused-ring (bicyclic) bond motifs is 2. The van der Waals surface area contributed by atoms with E-state index in [0.29, 0.717) is 41.5 Å². The Kier molecular flexibility index (Phi) is 6.08. The van der Waals surface area contributed by atoms with Gasteiger partial charge in [-0.25, -0.2) is 9.97 Å². The number of aryl methyl sites for hydroxylation is 1. The van der Waals surface area contributed by atoms with E-state index in [9.17, 15) is 4.79 Å². The highest BCUT2D eigenvalue weighted by molar-refractivity contribution is 6.07. The number of benzene rings is 1. The average Bonchev–Trinajstić information content (AvgIpc) is 3.16. The molecule has 0 fully saturated rings. The first-order valence-corrected chi connectivity index (χ1v) is 9.33. The smallest absolute Gasteiger partial charge is 0.257 e. The second-order valence-electron chi connectivity index (χ2n) is 6.54. The van der Waals surface area contributed by atoms with Gasteiger partial charge in [0.05, 0.1) is 11.3 Å². The van der Waals surface area contributed by atoms with E-state index in [1.54, 1.807) is 11.1 Å². The number of hydrogen-bond donors (Lipinski definition) is 1. The molecule has 7 nitrogen and oxygen atoms in total. The summed E-state index contributed by atoms with van der Waals surface area (Å²) in [6.07, 6.45) is 1.60. The van der Waals surface area contributed by atoms with E-state index in [2.05, 4.69) is 15.3 Å². The third-order valence-electron chi connectivity index (χ3n) is 4.79. The van der Waals surface area contributed by atoms with Crippen molar-refractivity contribution in [2.75, 3.05) is 25.2 Å². The van der Waals surface area contributed by atoms with Crippen molar-refractivity contribution in [1.82, 2.24) is 14.9 Å². The van der Waals surface area contributed by atoms with E-state index in [1.165, 1.54) is 0 Å². The van der Waals surface area contributed by atoms with Gasteiger partial charge in [0.2, 0.25) is 6.79 Å². The van der Waals surface area contributed by atoms with E-state index < -0.39 is 0 Å². The first kappa shape index (κ1) is 20.7. The summed E-state index contributed by atoms with van der Waals surface area (Å²) in [6, 6.07) is 9.47. The molecule has 4 rings (SSSR count). The van der Waals surface area contributed by atoms with Crippen molar-refractivity contribution in [3.63, 3.8) is 0 Å². The average molecular weight is 415 g/mol. The minimum absolute atomic E-state index is 0. The molecule has 1 aliphatic rings. The van der Waals surface area contributed by atoms with Crippen molar-refractivity contribution in [2.45, 2.75) is 20.8 Å². The Balaban J connectivity index is 0.00000240. The molecule has 0 saturated carbocycles. The van der Waals surface area contributed by atoms with Crippen molar-refractivity contribution < 1.29 is 14.3 Å². The largest absolute Gasteiger partial charge is 0.454 e. The van der Waals surface area contributed by atoms with Gasteiger partial charge in [-0.15, -0.1) is 12.4 Å². The number of ether oxygens (including phenoxy) is 2. The van der Waals surface area contributed by atoms with Gasteiger partial charge >= 0.3 is 0 Å². The van der Waals surface area contributed by atoms with E-state index in [4.69, 9.17) is 9.47 Å². The number of anilines is 2. The summed E-state index contributed by atoms with van der Waals surface area (Å²) in [5.41, 5.74) is 3.47. The summed E-state index contributed by atoms with van der Waals surface area (Å²) < 4.78 is 10.8. The van der Waals surface area contributed by atoms with Crippen LogP contribution in [0.5, 0.6) is 11.5 Å². The third-order valence-corrected chi connectivity index (χ3v) is 4.79. The lowest BCUT2D eigenvalue weighted by Gasteiger charge is -2.21. The highest BCUT2D eigenvalue weighted by Gasteiger charge is 2.21. The maximum Gasteiger partial charge on any atom is 0.257 e. The van der Waals surface area contributed by atoms with Gasteiger partial charge in [-0.05, 0) is 45.0 Å². The molecule has 1 amide bonds. The van der Waals surface area contributed by atoms with Crippen LogP contribution in [0.1, 0.15) is 29.9 Å². The molecule has 0 unspecified atom stereocenters. The van der Waals surface area contributed by atoms with Crippen molar-refractivity contribution in [1.29, 1.82) is 0 Å². The standard InChI is InChI=1S/C21H22N4O3.ClH/c1-4-25(5-2)21(26)16-11-22-20-15(8-6-13(3)23-20)19(16)24-14-7-9-17-18(10-14)28-12-27-17;/h6-11H,4-5,12H2,1-3H3,(H,22,23,24);1H. The number of nitrogens with zero attached hydrogens (tertiary/aromatic N) is 3. The Labute approximate surface area is 175 Å². The fraction of sp³-hybridized carbons (Fsp3) is 0.286. The number of nitrogens with one attached hydrogen (secondary N) is 1. The van der Waals surface area contributed by atoms with Crippen molar-refractivity contribution in [2.24, 2.45) is 0 Å². The molecule has 1 aromatic carbocycles. The van der Waals surface area contributed by atoms with Crippen molar-refractivity contribution in [3.05, 3.63) is 47.8 Å². The molecular weight excluding hydrogens is 392 g/mol.